The molecule has 0 spiro atoms. The number of hydrogen-bond donors (Lipinski definition) is 2. The number of aliphatic hydroxyl groups is 1. The van der Waals surface area contributed by atoms with Crippen LogP contribution in [0.1, 0.15) is 26.7 Å². The van der Waals surface area contributed by atoms with Gasteiger partial charge in [0.15, 0.2) is 0 Å². The number of aliphatic hydroxyl groups excluding tert-OH is 1. The summed E-state index contributed by atoms with van der Waals surface area (Å²) in [4.78, 5) is 0. The molecule has 0 bridgehead atoms. The summed E-state index contributed by atoms with van der Waals surface area (Å²) in [6, 6.07) is -0.0741. The van der Waals surface area contributed by atoms with E-state index in [1.807, 2.05) is 13.8 Å². The van der Waals surface area contributed by atoms with Crippen molar-refractivity contribution in [3.05, 3.63) is 0 Å². The van der Waals surface area contributed by atoms with E-state index in [-0.39, 0.29) is 12.1 Å². The zero-order valence-electron chi connectivity index (χ0n) is 5.59. The van der Waals surface area contributed by atoms with Crippen LogP contribution in [0.5, 0.6) is 0 Å². The first kappa shape index (κ1) is 7.92. The van der Waals surface area contributed by atoms with Gasteiger partial charge in [-0.15, -0.1) is 0 Å². The van der Waals surface area contributed by atoms with Gasteiger partial charge in [-0.3, -0.25) is 0 Å². The van der Waals surface area contributed by atoms with Crippen molar-refractivity contribution < 1.29 is 5.11 Å². The predicted molar refractivity (Wildman–Crippen MR) is 34.6 cm³/mol. The molecule has 50 valence electrons. The lowest BCUT2D eigenvalue weighted by Crippen LogP contribution is -2.30. The lowest BCUT2D eigenvalue weighted by Gasteiger charge is -2.11. The first-order valence-electron chi connectivity index (χ1n) is 3.12. The van der Waals surface area contributed by atoms with Crippen molar-refractivity contribution in [2.24, 2.45) is 5.73 Å². The Morgan fingerprint density at radius 3 is 2.25 bits per heavy atom. The lowest BCUT2D eigenvalue weighted by atomic mass is 10.1. The second kappa shape index (κ2) is 3.87. The van der Waals surface area contributed by atoms with E-state index in [2.05, 4.69) is 0 Å². The van der Waals surface area contributed by atoms with Gasteiger partial charge in [-0.05, 0) is 13.3 Å². The molecular formula is C6H15NO. The van der Waals surface area contributed by atoms with Crippen LogP contribution in [-0.2, 0) is 0 Å². The Balaban J connectivity index is 3.17. The van der Waals surface area contributed by atoms with E-state index in [1.165, 1.54) is 0 Å². The summed E-state index contributed by atoms with van der Waals surface area (Å²) in [7, 11) is 0. The molecule has 0 aromatic rings. The molecule has 0 saturated heterocycles. The molecule has 2 atom stereocenters. The lowest BCUT2D eigenvalue weighted by molar-refractivity contribution is 0.140. The Morgan fingerprint density at radius 2 is 2.12 bits per heavy atom. The van der Waals surface area contributed by atoms with Crippen molar-refractivity contribution in [3.63, 3.8) is 0 Å². The normalized spacial score (nSPS) is 18.0. The van der Waals surface area contributed by atoms with Crippen molar-refractivity contribution >= 4 is 0 Å². The van der Waals surface area contributed by atoms with Crippen molar-refractivity contribution in [1.82, 2.24) is 0 Å². The minimum atomic E-state index is -0.306. The Bertz CT molecular complexity index is 54.5. The van der Waals surface area contributed by atoms with Crippen LogP contribution < -0.4 is 5.73 Å². The highest BCUT2D eigenvalue weighted by molar-refractivity contribution is 4.64. The topological polar surface area (TPSA) is 46.2 Å². The third-order valence-electron chi connectivity index (χ3n) is 1.19. The van der Waals surface area contributed by atoms with Gasteiger partial charge in [0.25, 0.3) is 0 Å². The SMILES string of the molecule is CCC[C@H](O)[C@H](C)N. The smallest absolute Gasteiger partial charge is 0.0688 e. The van der Waals surface area contributed by atoms with Gasteiger partial charge in [0.1, 0.15) is 0 Å². The van der Waals surface area contributed by atoms with Crippen molar-refractivity contribution in [2.75, 3.05) is 0 Å². The third-order valence-corrected chi connectivity index (χ3v) is 1.19. The molecule has 2 nitrogen and oxygen atoms in total. The highest BCUT2D eigenvalue weighted by Crippen LogP contribution is 1.97. The van der Waals surface area contributed by atoms with Gasteiger partial charge in [-0.2, -0.15) is 0 Å². The molecule has 0 radical (unpaired) electrons. The second-order valence-corrected chi connectivity index (χ2v) is 2.22. The van der Waals surface area contributed by atoms with Gasteiger partial charge < -0.3 is 10.8 Å². The van der Waals surface area contributed by atoms with Gasteiger partial charge in [0.2, 0.25) is 0 Å². The first-order chi connectivity index (χ1) is 3.68. The van der Waals surface area contributed by atoms with Crippen LogP contribution in [-0.4, -0.2) is 17.3 Å². The van der Waals surface area contributed by atoms with Crippen LogP contribution in [0.25, 0.3) is 0 Å². The summed E-state index contributed by atoms with van der Waals surface area (Å²) < 4.78 is 0. The van der Waals surface area contributed by atoms with Gasteiger partial charge in [-0.25, -0.2) is 0 Å². The molecular weight excluding hydrogens is 102 g/mol. The maximum absolute atomic E-state index is 9.00. The van der Waals surface area contributed by atoms with E-state index < -0.39 is 0 Å². The molecule has 0 aliphatic heterocycles. The molecule has 0 unspecified atom stereocenters. The van der Waals surface area contributed by atoms with Crippen LogP contribution in [0, 0.1) is 0 Å². The van der Waals surface area contributed by atoms with Gasteiger partial charge in [0, 0.05) is 6.04 Å². The molecule has 0 amide bonds. The Morgan fingerprint density at radius 1 is 1.62 bits per heavy atom. The molecule has 2 heteroatoms. The number of nitrogens with two attached hydrogens (primary N) is 1. The van der Waals surface area contributed by atoms with Crippen LogP contribution in [0.2, 0.25) is 0 Å². The summed E-state index contributed by atoms with van der Waals surface area (Å²) in [6.07, 6.45) is 1.51. The number of hydrogen-bond acceptors (Lipinski definition) is 2. The maximum atomic E-state index is 9.00. The molecule has 0 aliphatic carbocycles. The molecule has 0 aromatic carbocycles. The van der Waals surface area contributed by atoms with E-state index in [9.17, 15) is 0 Å². The standard InChI is InChI=1S/C6H15NO/c1-3-4-6(8)5(2)7/h5-6,8H,3-4,7H2,1-2H3/t5-,6-/m0/s1. The average Bonchev–Trinajstić information content (AvgIpc) is 1.67. The molecule has 0 rings (SSSR count). The van der Waals surface area contributed by atoms with E-state index in [0.29, 0.717) is 0 Å². The first-order valence-corrected chi connectivity index (χ1v) is 3.12. The number of rotatable bonds is 3. The van der Waals surface area contributed by atoms with Gasteiger partial charge in [0.05, 0.1) is 6.10 Å². The van der Waals surface area contributed by atoms with Crippen molar-refractivity contribution in [2.45, 2.75) is 38.8 Å². The fraction of sp³-hybridized carbons (Fsp3) is 1.00. The quantitative estimate of drug-likeness (QED) is 0.565. The summed E-state index contributed by atoms with van der Waals surface area (Å²) >= 11 is 0. The largest absolute Gasteiger partial charge is 0.392 e. The Labute approximate surface area is 50.7 Å². The minimum Gasteiger partial charge on any atom is -0.392 e. The maximum Gasteiger partial charge on any atom is 0.0688 e. The summed E-state index contributed by atoms with van der Waals surface area (Å²) in [6.45, 7) is 3.85. The van der Waals surface area contributed by atoms with Gasteiger partial charge >= 0.3 is 0 Å². The molecule has 0 aliphatic rings. The van der Waals surface area contributed by atoms with E-state index in [1.54, 1.807) is 0 Å². The van der Waals surface area contributed by atoms with Crippen LogP contribution in [0.4, 0.5) is 0 Å². The van der Waals surface area contributed by atoms with Crippen LogP contribution in [0.3, 0.4) is 0 Å². The minimum absolute atomic E-state index is 0.0741. The molecule has 0 saturated carbocycles. The summed E-state index contributed by atoms with van der Waals surface area (Å²) in [5, 5.41) is 9.00. The fourth-order valence-electron chi connectivity index (χ4n) is 0.559. The van der Waals surface area contributed by atoms with E-state index >= 15 is 0 Å². The summed E-state index contributed by atoms with van der Waals surface area (Å²) in [5.74, 6) is 0. The van der Waals surface area contributed by atoms with Crippen molar-refractivity contribution in [1.29, 1.82) is 0 Å². The molecule has 0 fully saturated rings. The van der Waals surface area contributed by atoms with E-state index in [0.717, 1.165) is 12.8 Å². The zero-order valence-corrected chi connectivity index (χ0v) is 5.59. The van der Waals surface area contributed by atoms with E-state index in [4.69, 9.17) is 10.8 Å². The van der Waals surface area contributed by atoms with Crippen LogP contribution >= 0.6 is 0 Å². The Kier molecular flexibility index (Phi) is 3.83. The molecule has 0 heterocycles. The monoisotopic (exact) mass is 117 g/mol. The van der Waals surface area contributed by atoms with Crippen LogP contribution in [0.15, 0.2) is 0 Å². The molecule has 8 heavy (non-hydrogen) atoms. The molecule has 3 N–H and O–H groups in total. The summed E-state index contributed by atoms with van der Waals surface area (Å²) in [5.41, 5.74) is 5.37. The fourth-order valence-corrected chi connectivity index (χ4v) is 0.559. The predicted octanol–water partition coefficient (Wildman–Crippen LogP) is 0.495. The van der Waals surface area contributed by atoms with Gasteiger partial charge in [-0.1, -0.05) is 13.3 Å². The highest BCUT2D eigenvalue weighted by atomic mass is 16.3. The van der Waals surface area contributed by atoms with Crippen molar-refractivity contribution in [3.8, 4) is 0 Å². The third kappa shape index (κ3) is 2.99. The zero-order chi connectivity index (χ0) is 6.57. The Hall–Kier alpha value is -0.0800. The average molecular weight is 117 g/mol. The molecule has 0 aromatic heterocycles. The second-order valence-electron chi connectivity index (χ2n) is 2.22. The highest BCUT2D eigenvalue weighted by Gasteiger charge is 2.05.